The molecule has 0 saturated heterocycles. The second kappa shape index (κ2) is 8.00. The Kier molecular flexibility index (Phi) is 6.02. The smallest absolute Gasteiger partial charge is 0.262 e. The van der Waals surface area contributed by atoms with Gasteiger partial charge in [0, 0.05) is 20.9 Å². The minimum Gasteiger partial charge on any atom is -0.508 e. The summed E-state index contributed by atoms with van der Waals surface area (Å²) in [6.07, 6.45) is 1.32. The summed E-state index contributed by atoms with van der Waals surface area (Å²) in [5.41, 5.74) is 4.75. The Morgan fingerprint density at radius 3 is 2.67 bits per heavy atom. The second-order valence-electron chi connectivity index (χ2n) is 5.30. The second-order valence-corrected chi connectivity index (χ2v) is 6.55. The number of aryl methyl sites for hydroxylation is 1. The minimum absolute atomic E-state index is 0.0422. The van der Waals surface area contributed by atoms with Crippen molar-refractivity contribution in [2.45, 2.75) is 19.9 Å². The molecular formula is C17H18IN3O3. The van der Waals surface area contributed by atoms with Crippen LogP contribution in [0, 0.1) is 10.5 Å². The summed E-state index contributed by atoms with van der Waals surface area (Å²) < 4.78 is 1.13. The van der Waals surface area contributed by atoms with Crippen LogP contribution in [0.1, 0.15) is 18.1 Å². The maximum atomic E-state index is 12.1. The van der Waals surface area contributed by atoms with E-state index in [2.05, 4.69) is 38.4 Å². The van der Waals surface area contributed by atoms with Gasteiger partial charge in [-0.1, -0.05) is 0 Å². The van der Waals surface area contributed by atoms with E-state index in [9.17, 15) is 15.0 Å². The molecule has 2 aromatic rings. The van der Waals surface area contributed by atoms with E-state index in [0.717, 1.165) is 14.8 Å². The highest BCUT2D eigenvalue weighted by Gasteiger charge is 2.12. The molecule has 0 aromatic heterocycles. The number of carbonyl (C=O) groups is 1. The molecule has 2 rings (SSSR count). The lowest BCUT2D eigenvalue weighted by Crippen LogP contribution is -2.35. The van der Waals surface area contributed by atoms with Crippen LogP contribution in [0.25, 0.3) is 0 Å². The van der Waals surface area contributed by atoms with Crippen LogP contribution >= 0.6 is 22.6 Å². The van der Waals surface area contributed by atoms with E-state index in [-0.39, 0.29) is 17.4 Å². The Morgan fingerprint density at radius 1 is 1.25 bits per heavy atom. The van der Waals surface area contributed by atoms with Crippen LogP contribution in [-0.4, -0.2) is 28.4 Å². The van der Waals surface area contributed by atoms with Gasteiger partial charge in [-0.05, 0) is 72.3 Å². The summed E-state index contributed by atoms with van der Waals surface area (Å²) in [6.45, 7) is 3.71. The minimum atomic E-state index is -0.477. The first-order chi connectivity index (χ1) is 11.4. The van der Waals surface area contributed by atoms with Gasteiger partial charge in [-0.2, -0.15) is 5.10 Å². The van der Waals surface area contributed by atoms with E-state index >= 15 is 0 Å². The molecule has 1 amide bonds. The molecule has 0 saturated carbocycles. The zero-order chi connectivity index (χ0) is 17.7. The zero-order valence-electron chi connectivity index (χ0n) is 13.2. The van der Waals surface area contributed by atoms with E-state index in [0.29, 0.717) is 5.56 Å². The van der Waals surface area contributed by atoms with Crippen molar-refractivity contribution >= 4 is 40.4 Å². The lowest BCUT2D eigenvalue weighted by atomic mass is 10.2. The van der Waals surface area contributed by atoms with E-state index in [4.69, 9.17) is 0 Å². The number of nitrogens with one attached hydrogen (secondary N) is 2. The molecular weight excluding hydrogens is 421 g/mol. The topological polar surface area (TPSA) is 94.0 Å². The van der Waals surface area contributed by atoms with Crippen molar-refractivity contribution in [1.29, 1.82) is 0 Å². The van der Waals surface area contributed by atoms with Crippen LogP contribution in [0.2, 0.25) is 0 Å². The Bertz CT molecular complexity index is 778. The summed E-state index contributed by atoms with van der Waals surface area (Å²) >= 11 is 2.24. The zero-order valence-corrected chi connectivity index (χ0v) is 15.4. The number of hydrogen-bond donors (Lipinski definition) is 4. The first kappa shape index (κ1) is 18.1. The number of aromatic hydroxyl groups is 2. The molecule has 4 N–H and O–H groups in total. The fourth-order valence-electron chi connectivity index (χ4n) is 1.99. The van der Waals surface area contributed by atoms with Crippen molar-refractivity contribution in [1.82, 2.24) is 5.43 Å². The van der Waals surface area contributed by atoms with Gasteiger partial charge in [-0.3, -0.25) is 4.79 Å². The fourth-order valence-corrected chi connectivity index (χ4v) is 2.64. The highest BCUT2D eigenvalue weighted by atomic mass is 127. The molecule has 0 bridgehead atoms. The van der Waals surface area contributed by atoms with Crippen molar-refractivity contribution < 1.29 is 15.0 Å². The summed E-state index contributed by atoms with van der Waals surface area (Å²) in [5, 5.41) is 25.8. The Balaban J connectivity index is 1.95. The summed E-state index contributed by atoms with van der Waals surface area (Å²) in [5.74, 6) is -0.462. The highest BCUT2D eigenvalue weighted by Crippen LogP contribution is 2.21. The van der Waals surface area contributed by atoms with E-state index in [1.807, 2.05) is 25.1 Å². The molecule has 2 aromatic carbocycles. The molecule has 0 aliphatic heterocycles. The van der Waals surface area contributed by atoms with Crippen molar-refractivity contribution in [2.75, 3.05) is 5.32 Å². The van der Waals surface area contributed by atoms with Crippen LogP contribution < -0.4 is 10.7 Å². The SMILES string of the molecule is Cc1cc(I)ccc1NC(C)C(=O)NN=Cc1ccc(O)cc1O. The van der Waals surface area contributed by atoms with Crippen LogP contribution in [-0.2, 0) is 4.79 Å². The third kappa shape index (κ3) is 4.85. The molecule has 24 heavy (non-hydrogen) atoms. The Morgan fingerprint density at radius 2 is 2.00 bits per heavy atom. The molecule has 0 aliphatic rings. The third-order valence-corrected chi connectivity index (χ3v) is 4.02. The number of nitrogens with zero attached hydrogens (tertiary/aromatic N) is 1. The van der Waals surface area contributed by atoms with Crippen LogP contribution in [0.5, 0.6) is 11.5 Å². The summed E-state index contributed by atoms with van der Waals surface area (Å²) in [4.78, 5) is 12.1. The fraction of sp³-hybridized carbons (Fsp3) is 0.176. The maximum Gasteiger partial charge on any atom is 0.262 e. The first-order valence-electron chi connectivity index (χ1n) is 7.24. The third-order valence-electron chi connectivity index (χ3n) is 3.35. The average Bonchev–Trinajstić information content (AvgIpc) is 2.52. The van der Waals surface area contributed by atoms with Gasteiger partial charge in [0.15, 0.2) is 0 Å². The van der Waals surface area contributed by atoms with Crippen LogP contribution in [0.4, 0.5) is 5.69 Å². The summed E-state index contributed by atoms with van der Waals surface area (Å²) in [7, 11) is 0. The first-order valence-corrected chi connectivity index (χ1v) is 8.32. The number of hydrazone groups is 1. The molecule has 0 fully saturated rings. The van der Waals surface area contributed by atoms with Gasteiger partial charge >= 0.3 is 0 Å². The molecule has 126 valence electrons. The Labute approximate surface area is 153 Å². The number of amides is 1. The molecule has 1 unspecified atom stereocenters. The predicted molar refractivity (Wildman–Crippen MR) is 102 cm³/mol. The largest absolute Gasteiger partial charge is 0.508 e. The molecule has 1 atom stereocenters. The highest BCUT2D eigenvalue weighted by molar-refractivity contribution is 14.1. The standard InChI is InChI=1S/C17H18IN3O3/c1-10-7-13(18)4-6-15(10)20-11(2)17(24)21-19-9-12-3-5-14(22)8-16(12)23/h3-9,11,20,22-23H,1-2H3,(H,21,24). The number of carbonyl (C=O) groups excluding carboxylic acids is 1. The average molecular weight is 439 g/mol. The van der Waals surface area contributed by atoms with Crippen molar-refractivity contribution in [3.63, 3.8) is 0 Å². The quantitative estimate of drug-likeness (QED) is 0.328. The molecule has 0 spiro atoms. The van der Waals surface area contributed by atoms with Gasteiger partial charge in [0.05, 0.1) is 6.21 Å². The number of phenolic OH excluding ortho intramolecular Hbond substituents is 2. The normalized spacial score (nSPS) is 12.1. The van der Waals surface area contributed by atoms with E-state index in [1.165, 1.54) is 24.4 Å². The van der Waals surface area contributed by atoms with Gasteiger partial charge in [0.1, 0.15) is 17.5 Å². The van der Waals surface area contributed by atoms with Crippen molar-refractivity contribution in [3.8, 4) is 11.5 Å². The van der Waals surface area contributed by atoms with E-state index in [1.54, 1.807) is 6.92 Å². The molecule has 0 aliphatic carbocycles. The summed E-state index contributed by atoms with van der Waals surface area (Å²) in [6, 6.07) is 9.56. The van der Waals surface area contributed by atoms with Crippen LogP contribution in [0.15, 0.2) is 41.5 Å². The number of benzene rings is 2. The maximum absolute atomic E-state index is 12.1. The predicted octanol–water partition coefficient (Wildman–Crippen LogP) is 2.96. The number of hydrogen-bond acceptors (Lipinski definition) is 5. The lowest BCUT2D eigenvalue weighted by molar-refractivity contribution is -0.121. The number of phenols is 2. The van der Waals surface area contributed by atoms with Gasteiger partial charge in [-0.15, -0.1) is 0 Å². The van der Waals surface area contributed by atoms with Crippen molar-refractivity contribution in [3.05, 3.63) is 51.1 Å². The Hall–Kier alpha value is -2.29. The van der Waals surface area contributed by atoms with E-state index < -0.39 is 6.04 Å². The molecule has 0 radical (unpaired) electrons. The number of anilines is 1. The number of halogens is 1. The van der Waals surface area contributed by atoms with Crippen LogP contribution in [0.3, 0.4) is 0 Å². The van der Waals surface area contributed by atoms with Gasteiger partial charge in [0.2, 0.25) is 0 Å². The monoisotopic (exact) mass is 439 g/mol. The molecule has 0 heterocycles. The van der Waals surface area contributed by atoms with Gasteiger partial charge < -0.3 is 15.5 Å². The van der Waals surface area contributed by atoms with Crippen molar-refractivity contribution in [2.24, 2.45) is 5.10 Å². The lowest BCUT2D eigenvalue weighted by Gasteiger charge is -2.15. The van der Waals surface area contributed by atoms with Gasteiger partial charge in [0.25, 0.3) is 5.91 Å². The van der Waals surface area contributed by atoms with Gasteiger partial charge in [-0.25, -0.2) is 5.43 Å². The number of rotatable bonds is 5. The molecule has 7 heteroatoms. The molecule has 6 nitrogen and oxygen atoms in total.